The summed E-state index contributed by atoms with van der Waals surface area (Å²) >= 11 is 0. The van der Waals surface area contributed by atoms with Gasteiger partial charge in [-0.1, -0.05) is 12.1 Å². The summed E-state index contributed by atoms with van der Waals surface area (Å²) in [4.78, 5) is 13.6. The van der Waals surface area contributed by atoms with Gasteiger partial charge in [0.1, 0.15) is 23.4 Å². The number of benzene rings is 1. The molecule has 8 heteroatoms. The second-order valence-electron chi connectivity index (χ2n) is 7.97. The number of rotatable bonds is 9. The molecule has 0 spiro atoms. The molecule has 33 heavy (non-hydrogen) atoms. The van der Waals surface area contributed by atoms with Crippen LogP contribution in [0.4, 0.5) is 0 Å². The normalized spacial score (nSPS) is 13.6. The van der Waals surface area contributed by atoms with E-state index in [1.54, 1.807) is 19.5 Å². The van der Waals surface area contributed by atoms with Crippen molar-refractivity contribution in [1.29, 1.82) is 0 Å². The maximum atomic E-state index is 5.90. The molecule has 5 rings (SSSR count). The molecule has 0 bridgehead atoms. The van der Waals surface area contributed by atoms with Crippen molar-refractivity contribution in [3.8, 4) is 28.3 Å². The lowest BCUT2D eigenvalue weighted by atomic mass is 10.1. The molecule has 0 aliphatic carbocycles. The SMILES string of the molecule is COCCn1cc(-c2ccnc(Cc3ccc(OC4CNC4)cc3)n2)c(-c2cccnc2)n1. The number of ether oxygens (including phenoxy) is 2. The fraction of sp³-hybridized carbons (Fsp3) is 0.280. The smallest absolute Gasteiger partial charge is 0.133 e. The molecule has 0 amide bonds. The van der Waals surface area contributed by atoms with Gasteiger partial charge >= 0.3 is 0 Å². The molecule has 1 aliphatic rings. The van der Waals surface area contributed by atoms with Crippen molar-refractivity contribution in [1.82, 2.24) is 30.0 Å². The number of aromatic nitrogens is 5. The number of methoxy groups -OCH3 is 1. The van der Waals surface area contributed by atoms with Crippen molar-refractivity contribution < 1.29 is 9.47 Å². The van der Waals surface area contributed by atoms with Crippen LogP contribution in [-0.2, 0) is 17.7 Å². The van der Waals surface area contributed by atoms with Crippen LogP contribution in [0.1, 0.15) is 11.4 Å². The molecule has 1 aromatic carbocycles. The van der Waals surface area contributed by atoms with Crippen LogP contribution in [0, 0.1) is 0 Å². The molecule has 0 saturated carbocycles. The van der Waals surface area contributed by atoms with Crippen molar-refractivity contribution in [2.24, 2.45) is 0 Å². The second-order valence-corrected chi connectivity index (χ2v) is 7.97. The van der Waals surface area contributed by atoms with Gasteiger partial charge in [-0.3, -0.25) is 9.67 Å². The van der Waals surface area contributed by atoms with Crippen molar-refractivity contribution in [2.45, 2.75) is 19.1 Å². The van der Waals surface area contributed by atoms with Gasteiger partial charge in [-0.2, -0.15) is 5.10 Å². The Kier molecular flexibility index (Phi) is 6.37. The van der Waals surface area contributed by atoms with Crippen LogP contribution in [0.5, 0.6) is 5.75 Å². The molecule has 8 nitrogen and oxygen atoms in total. The first kappa shape index (κ1) is 21.2. The third-order valence-electron chi connectivity index (χ3n) is 5.53. The highest BCUT2D eigenvalue weighted by Gasteiger charge is 2.18. The largest absolute Gasteiger partial charge is 0.488 e. The minimum atomic E-state index is 0.273. The molecular weight excluding hydrogens is 416 g/mol. The van der Waals surface area contributed by atoms with Gasteiger partial charge in [-0.25, -0.2) is 9.97 Å². The molecule has 0 atom stereocenters. The Balaban J connectivity index is 1.38. The predicted octanol–water partition coefficient (Wildman–Crippen LogP) is 2.99. The molecule has 168 valence electrons. The van der Waals surface area contributed by atoms with E-state index in [1.807, 2.05) is 47.4 Å². The Morgan fingerprint density at radius 2 is 1.97 bits per heavy atom. The highest BCUT2D eigenvalue weighted by molar-refractivity contribution is 5.78. The van der Waals surface area contributed by atoms with Crippen LogP contribution < -0.4 is 10.1 Å². The number of pyridine rings is 1. The number of hydrogen-bond donors (Lipinski definition) is 1. The van der Waals surface area contributed by atoms with Crippen LogP contribution in [0.15, 0.2) is 67.3 Å². The fourth-order valence-electron chi connectivity index (χ4n) is 3.66. The molecular formula is C25H26N6O2. The summed E-state index contributed by atoms with van der Waals surface area (Å²) in [6.45, 7) is 3.06. The minimum absolute atomic E-state index is 0.273. The second kappa shape index (κ2) is 9.89. The van der Waals surface area contributed by atoms with E-state index in [2.05, 4.69) is 27.4 Å². The van der Waals surface area contributed by atoms with Gasteiger partial charge in [0.25, 0.3) is 0 Å². The zero-order chi connectivity index (χ0) is 22.5. The third kappa shape index (κ3) is 5.08. The van der Waals surface area contributed by atoms with E-state index in [0.29, 0.717) is 19.6 Å². The van der Waals surface area contributed by atoms with Gasteiger partial charge in [0.05, 0.1) is 18.8 Å². The standard InChI is InChI=1S/C25H26N6O2/c1-32-12-11-31-17-22(25(30-31)19-3-2-9-26-14-19)23-8-10-28-24(29-23)13-18-4-6-20(7-5-18)33-21-15-27-16-21/h2-10,14,17,21,27H,11-13,15-16H2,1H3. The van der Waals surface area contributed by atoms with Crippen LogP contribution in [0.3, 0.4) is 0 Å². The lowest BCUT2D eigenvalue weighted by Crippen LogP contribution is -2.50. The maximum Gasteiger partial charge on any atom is 0.133 e. The average Bonchev–Trinajstić information content (AvgIpc) is 3.26. The summed E-state index contributed by atoms with van der Waals surface area (Å²) in [5, 5.41) is 7.98. The molecule has 1 saturated heterocycles. The Morgan fingerprint density at radius 1 is 1.09 bits per heavy atom. The molecule has 4 aromatic rings. The molecule has 0 radical (unpaired) electrons. The van der Waals surface area contributed by atoms with Gasteiger partial charge in [0, 0.05) is 62.5 Å². The van der Waals surface area contributed by atoms with E-state index in [0.717, 1.165) is 52.7 Å². The zero-order valence-corrected chi connectivity index (χ0v) is 18.5. The average molecular weight is 443 g/mol. The summed E-state index contributed by atoms with van der Waals surface area (Å²) in [5.74, 6) is 1.65. The van der Waals surface area contributed by atoms with Gasteiger partial charge < -0.3 is 14.8 Å². The number of hydrogen-bond acceptors (Lipinski definition) is 7. The van der Waals surface area contributed by atoms with Crippen LogP contribution in [0.2, 0.25) is 0 Å². The van der Waals surface area contributed by atoms with E-state index >= 15 is 0 Å². The van der Waals surface area contributed by atoms with E-state index in [-0.39, 0.29) is 6.10 Å². The summed E-state index contributed by atoms with van der Waals surface area (Å²) in [6.07, 6.45) is 8.30. The van der Waals surface area contributed by atoms with Gasteiger partial charge in [0.2, 0.25) is 0 Å². The molecule has 1 aliphatic heterocycles. The van der Waals surface area contributed by atoms with Crippen molar-refractivity contribution in [2.75, 3.05) is 26.8 Å². The summed E-state index contributed by atoms with van der Waals surface area (Å²) < 4.78 is 13.0. The van der Waals surface area contributed by atoms with Crippen LogP contribution in [0.25, 0.3) is 22.5 Å². The van der Waals surface area contributed by atoms with Gasteiger partial charge in [0.15, 0.2) is 0 Å². The molecule has 3 aromatic heterocycles. The fourth-order valence-corrected chi connectivity index (χ4v) is 3.66. The Morgan fingerprint density at radius 3 is 2.70 bits per heavy atom. The van der Waals surface area contributed by atoms with E-state index in [4.69, 9.17) is 19.6 Å². The minimum Gasteiger partial charge on any atom is -0.488 e. The van der Waals surface area contributed by atoms with Crippen molar-refractivity contribution in [3.63, 3.8) is 0 Å². The molecule has 4 heterocycles. The van der Waals surface area contributed by atoms with E-state index in [9.17, 15) is 0 Å². The summed E-state index contributed by atoms with van der Waals surface area (Å²) in [5.41, 5.74) is 4.70. The predicted molar refractivity (Wildman–Crippen MR) is 125 cm³/mol. The number of nitrogens with zero attached hydrogens (tertiary/aromatic N) is 5. The van der Waals surface area contributed by atoms with Crippen molar-refractivity contribution >= 4 is 0 Å². The summed E-state index contributed by atoms with van der Waals surface area (Å²) in [7, 11) is 1.69. The quantitative estimate of drug-likeness (QED) is 0.426. The van der Waals surface area contributed by atoms with E-state index < -0.39 is 0 Å². The maximum absolute atomic E-state index is 5.90. The molecule has 1 N–H and O–H groups in total. The van der Waals surface area contributed by atoms with Crippen molar-refractivity contribution in [3.05, 3.63) is 78.6 Å². The zero-order valence-electron chi connectivity index (χ0n) is 18.5. The Hall–Kier alpha value is -3.62. The first-order valence-electron chi connectivity index (χ1n) is 11.0. The highest BCUT2D eigenvalue weighted by atomic mass is 16.5. The highest BCUT2D eigenvalue weighted by Crippen LogP contribution is 2.29. The molecule has 1 fully saturated rings. The monoisotopic (exact) mass is 442 g/mol. The van der Waals surface area contributed by atoms with E-state index in [1.165, 1.54) is 0 Å². The lowest BCUT2D eigenvalue weighted by Gasteiger charge is -2.27. The first-order chi connectivity index (χ1) is 16.3. The van der Waals surface area contributed by atoms with Gasteiger partial charge in [-0.15, -0.1) is 0 Å². The van der Waals surface area contributed by atoms with Gasteiger partial charge in [-0.05, 0) is 35.9 Å². The number of nitrogens with one attached hydrogen (secondary N) is 1. The Labute approximate surface area is 192 Å². The first-order valence-corrected chi connectivity index (χ1v) is 11.0. The molecule has 0 unspecified atom stereocenters. The third-order valence-corrected chi connectivity index (χ3v) is 5.53. The lowest BCUT2D eigenvalue weighted by molar-refractivity contribution is 0.142. The van der Waals surface area contributed by atoms with Crippen LogP contribution >= 0.6 is 0 Å². The van der Waals surface area contributed by atoms with Crippen LogP contribution in [-0.4, -0.2) is 57.6 Å². The Bertz CT molecular complexity index is 1190. The summed E-state index contributed by atoms with van der Waals surface area (Å²) in [6, 6.07) is 14.0. The topological polar surface area (TPSA) is 87.0 Å².